The molecule has 1 atom stereocenters. The molecule has 6 nitrogen and oxygen atoms in total. The summed E-state index contributed by atoms with van der Waals surface area (Å²) in [5.41, 5.74) is 0.683. The maximum atomic E-state index is 13.3. The highest BCUT2D eigenvalue weighted by atomic mass is 35.5. The van der Waals surface area contributed by atoms with Gasteiger partial charge in [0.2, 0.25) is 15.9 Å². The van der Waals surface area contributed by atoms with Gasteiger partial charge in [0.25, 0.3) is 0 Å². The standard InChI is InChI=1S/C19H21ClN2O4S/c20-15-6-10-17(11-7-15)27(25,26)22(13-14-4-8-16(23)9-5-14)18-3-1-2-12-21-19(18)24/h4-11,18,23H,1-3,12-13H2,(H,21,24). The first-order valence-corrected chi connectivity index (χ1v) is 10.5. The average Bonchev–Trinajstić information content (AvgIpc) is 2.86. The van der Waals surface area contributed by atoms with Crippen molar-refractivity contribution in [2.24, 2.45) is 0 Å². The number of hydrogen-bond acceptors (Lipinski definition) is 4. The van der Waals surface area contributed by atoms with Gasteiger partial charge in [-0.15, -0.1) is 0 Å². The van der Waals surface area contributed by atoms with Gasteiger partial charge < -0.3 is 10.4 Å². The van der Waals surface area contributed by atoms with Gasteiger partial charge in [-0.25, -0.2) is 8.42 Å². The largest absolute Gasteiger partial charge is 0.508 e. The number of benzene rings is 2. The third kappa shape index (κ3) is 4.61. The molecule has 1 aliphatic rings. The Hall–Kier alpha value is -2.09. The van der Waals surface area contributed by atoms with Crippen LogP contribution in [0.4, 0.5) is 0 Å². The van der Waals surface area contributed by atoms with Gasteiger partial charge in [-0.2, -0.15) is 4.31 Å². The molecule has 1 amide bonds. The van der Waals surface area contributed by atoms with E-state index in [0.717, 1.165) is 12.8 Å². The summed E-state index contributed by atoms with van der Waals surface area (Å²) in [5, 5.41) is 12.7. The lowest BCUT2D eigenvalue weighted by atomic mass is 10.1. The zero-order chi connectivity index (χ0) is 19.4. The molecule has 0 aromatic heterocycles. The Morgan fingerprint density at radius 3 is 2.41 bits per heavy atom. The van der Waals surface area contributed by atoms with Crippen LogP contribution in [0.15, 0.2) is 53.4 Å². The highest BCUT2D eigenvalue weighted by Gasteiger charge is 2.36. The predicted molar refractivity (Wildman–Crippen MR) is 103 cm³/mol. The molecule has 1 fully saturated rings. The van der Waals surface area contributed by atoms with E-state index in [1.807, 2.05) is 0 Å². The van der Waals surface area contributed by atoms with Gasteiger partial charge in [0.05, 0.1) is 4.90 Å². The second kappa shape index (κ2) is 8.29. The minimum Gasteiger partial charge on any atom is -0.508 e. The average molecular weight is 409 g/mol. The van der Waals surface area contributed by atoms with Crippen molar-refractivity contribution in [3.63, 3.8) is 0 Å². The lowest BCUT2D eigenvalue weighted by molar-refractivity contribution is -0.124. The Morgan fingerprint density at radius 1 is 1.07 bits per heavy atom. The summed E-state index contributed by atoms with van der Waals surface area (Å²) in [5.74, 6) is -0.193. The number of carbonyl (C=O) groups excluding carboxylic acids is 1. The van der Waals surface area contributed by atoms with Crippen molar-refractivity contribution in [3.05, 3.63) is 59.1 Å². The molecule has 0 aliphatic carbocycles. The van der Waals surface area contributed by atoms with Gasteiger partial charge in [0, 0.05) is 18.1 Å². The molecule has 0 spiro atoms. The van der Waals surface area contributed by atoms with E-state index in [4.69, 9.17) is 11.6 Å². The third-order valence-electron chi connectivity index (χ3n) is 4.55. The third-order valence-corrected chi connectivity index (χ3v) is 6.67. The molecule has 144 valence electrons. The molecular weight excluding hydrogens is 388 g/mol. The molecule has 2 aromatic carbocycles. The first-order chi connectivity index (χ1) is 12.9. The van der Waals surface area contributed by atoms with Crippen LogP contribution in [-0.2, 0) is 21.4 Å². The summed E-state index contributed by atoms with van der Waals surface area (Å²) in [6, 6.07) is 11.4. The van der Waals surface area contributed by atoms with Gasteiger partial charge in [-0.3, -0.25) is 4.79 Å². The van der Waals surface area contributed by atoms with Crippen LogP contribution in [-0.4, -0.2) is 36.3 Å². The molecule has 1 heterocycles. The van der Waals surface area contributed by atoms with E-state index < -0.39 is 16.1 Å². The van der Waals surface area contributed by atoms with E-state index in [9.17, 15) is 18.3 Å². The van der Waals surface area contributed by atoms with Crippen LogP contribution >= 0.6 is 11.6 Å². The zero-order valence-corrected chi connectivity index (χ0v) is 16.2. The van der Waals surface area contributed by atoms with Gasteiger partial charge in [-0.1, -0.05) is 23.7 Å². The fourth-order valence-corrected chi connectivity index (χ4v) is 4.82. The van der Waals surface area contributed by atoms with Crippen LogP contribution in [0.25, 0.3) is 0 Å². The van der Waals surface area contributed by atoms with Crippen LogP contribution in [0.3, 0.4) is 0 Å². The smallest absolute Gasteiger partial charge is 0.244 e. The number of phenols is 1. The summed E-state index contributed by atoms with van der Waals surface area (Å²) in [6.45, 7) is 0.576. The Morgan fingerprint density at radius 2 is 1.74 bits per heavy atom. The maximum Gasteiger partial charge on any atom is 0.244 e. The minimum atomic E-state index is -3.92. The number of amides is 1. The van der Waals surface area contributed by atoms with Crippen molar-refractivity contribution >= 4 is 27.5 Å². The molecule has 0 bridgehead atoms. The van der Waals surface area contributed by atoms with Crippen LogP contribution in [0.1, 0.15) is 24.8 Å². The molecule has 3 rings (SSSR count). The first kappa shape index (κ1) is 19.7. The maximum absolute atomic E-state index is 13.3. The minimum absolute atomic E-state index is 0.0311. The lowest BCUT2D eigenvalue weighted by Gasteiger charge is -2.29. The Bertz CT molecular complexity index is 898. The van der Waals surface area contributed by atoms with Gasteiger partial charge >= 0.3 is 0 Å². The van der Waals surface area contributed by atoms with Crippen molar-refractivity contribution in [2.45, 2.75) is 36.7 Å². The molecule has 2 aromatic rings. The first-order valence-electron chi connectivity index (χ1n) is 8.71. The molecule has 1 saturated heterocycles. The molecular formula is C19H21ClN2O4S. The summed E-state index contributed by atoms with van der Waals surface area (Å²) in [6.07, 6.45) is 2.03. The number of carbonyl (C=O) groups is 1. The quantitative estimate of drug-likeness (QED) is 0.796. The second-order valence-electron chi connectivity index (χ2n) is 6.47. The van der Waals surface area contributed by atoms with Crippen LogP contribution in [0.5, 0.6) is 5.75 Å². The number of halogens is 1. The van der Waals surface area contributed by atoms with Crippen LogP contribution in [0, 0.1) is 0 Å². The van der Waals surface area contributed by atoms with Crippen molar-refractivity contribution in [3.8, 4) is 5.75 Å². The molecule has 0 saturated carbocycles. The van der Waals surface area contributed by atoms with Crippen molar-refractivity contribution in [2.75, 3.05) is 6.54 Å². The van der Waals surface area contributed by atoms with E-state index in [2.05, 4.69) is 5.32 Å². The molecule has 8 heteroatoms. The number of hydrogen-bond donors (Lipinski definition) is 2. The van der Waals surface area contributed by atoms with E-state index in [-0.39, 0.29) is 23.1 Å². The van der Waals surface area contributed by atoms with Gasteiger partial charge in [0.1, 0.15) is 11.8 Å². The normalized spacial score (nSPS) is 18.1. The fraction of sp³-hybridized carbons (Fsp3) is 0.316. The molecule has 1 unspecified atom stereocenters. The van der Waals surface area contributed by atoms with Crippen molar-refractivity contribution in [1.29, 1.82) is 0 Å². The van der Waals surface area contributed by atoms with E-state index in [1.54, 1.807) is 12.1 Å². The fourth-order valence-electron chi connectivity index (χ4n) is 3.08. The van der Waals surface area contributed by atoms with Gasteiger partial charge in [-0.05, 0) is 61.2 Å². The predicted octanol–water partition coefficient (Wildman–Crippen LogP) is 2.91. The number of sulfonamides is 1. The second-order valence-corrected chi connectivity index (χ2v) is 8.80. The van der Waals surface area contributed by atoms with Crippen molar-refractivity contribution in [1.82, 2.24) is 9.62 Å². The van der Waals surface area contributed by atoms with E-state index in [1.165, 1.54) is 40.7 Å². The number of rotatable bonds is 5. The summed E-state index contributed by atoms with van der Waals surface area (Å²) in [7, 11) is -3.92. The summed E-state index contributed by atoms with van der Waals surface area (Å²) < 4.78 is 27.9. The molecule has 0 radical (unpaired) electrons. The summed E-state index contributed by atoms with van der Waals surface area (Å²) >= 11 is 5.88. The van der Waals surface area contributed by atoms with Crippen LogP contribution in [0.2, 0.25) is 5.02 Å². The SMILES string of the molecule is O=C1NCCCCC1N(Cc1ccc(O)cc1)S(=O)(=O)c1ccc(Cl)cc1. The Labute approximate surface area is 163 Å². The van der Waals surface area contributed by atoms with Crippen molar-refractivity contribution < 1.29 is 18.3 Å². The number of phenolic OH excluding ortho intramolecular Hbond substituents is 1. The molecule has 1 aliphatic heterocycles. The highest BCUT2D eigenvalue weighted by Crippen LogP contribution is 2.26. The number of aromatic hydroxyl groups is 1. The monoisotopic (exact) mass is 408 g/mol. The molecule has 27 heavy (non-hydrogen) atoms. The lowest BCUT2D eigenvalue weighted by Crippen LogP contribution is -2.48. The zero-order valence-electron chi connectivity index (χ0n) is 14.6. The van der Waals surface area contributed by atoms with E-state index in [0.29, 0.717) is 23.6 Å². The Balaban J connectivity index is 2.01. The Kier molecular flexibility index (Phi) is 6.04. The van der Waals surface area contributed by atoms with E-state index >= 15 is 0 Å². The molecule has 2 N–H and O–H groups in total. The number of nitrogens with one attached hydrogen (secondary N) is 1. The topological polar surface area (TPSA) is 86.7 Å². The summed E-state index contributed by atoms with van der Waals surface area (Å²) in [4.78, 5) is 12.6. The van der Waals surface area contributed by atoms with Gasteiger partial charge in [0.15, 0.2) is 0 Å². The number of nitrogens with zero attached hydrogens (tertiary/aromatic N) is 1. The highest BCUT2D eigenvalue weighted by molar-refractivity contribution is 7.89. The van der Waals surface area contributed by atoms with Crippen LogP contribution < -0.4 is 5.32 Å².